The van der Waals surface area contributed by atoms with Crippen LogP contribution in [0.3, 0.4) is 0 Å². The minimum atomic E-state index is -0.0496. The number of urea groups is 1. The summed E-state index contributed by atoms with van der Waals surface area (Å²) in [4.78, 5) is 15.9. The van der Waals surface area contributed by atoms with Crippen molar-refractivity contribution in [2.75, 3.05) is 33.2 Å². The summed E-state index contributed by atoms with van der Waals surface area (Å²) in [6, 6.07) is 7.43. The Kier molecular flexibility index (Phi) is 4.82. The number of rotatable bonds is 2. The first-order chi connectivity index (χ1) is 9.15. The van der Waals surface area contributed by atoms with Crippen molar-refractivity contribution in [3.63, 3.8) is 0 Å². The number of nitrogens with one attached hydrogen (secondary N) is 1. The Hall–Kier alpha value is -1.52. The normalized spacial score (nSPS) is 16.8. The summed E-state index contributed by atoms with van der Waals surface area (Å²) in [6.45, 7) is 3.39. The molecule has 0 spiro atoms. The summed E-state index contributed by atoms with van der Waals surface area (Å²) in [6.07, 6.45) is 3.49. The molecule has 1 aliphatic rings. The molecule has 0 bridgehead atoms. The maximum atomic E-state index is 11.9. The fourth-order valence-electron chi connectivity index (χ4n) is 1.92. The fourth-order valence-corrected chi connectivity index (χ4v) is 2.12. The third-order valence-corrected chi connectivity index (χ3v) is 3.36. The van der Waals surface area contributed by atoms with Gasteiger partial charge in [0.15, 0.2) is 0 Å². The van der Waals surface area contributed by atoms with Gasteiger partial charge in [-0.2, -0.15) is 0 Å². The average molecular weight is 280 g/mol. The van der Waals surface area contributed by atoms with Gasteiger partial charge in [-0.05, 0) is 30.8 Å². The molecule has 1 aromatic carbocycles. The SMILES string of the molecule is CN1CCN(C(=O)N/C=C/c2cccc(Cl)c2)CC1. The lowest BCUT2D eigenvalue weighted by atomic mass is 10.2. The Balaban J connectivity index is 1.83. The number of likely N-dealkylation sites (N-methyl/N-ethyl adjacent to an activating group) is 1. The largest absolute Gasteiger partial charge is 0.322 e. The molecule has 1 N–H and O–H groups in total. The molecule has 1 aliphatic heterocycles. The van der Waals surface area contributed by atoms with Gasteiger partial charge in [-0.3, -0.25) is 0 Å². The Labute approximate surface area is 118 Å². The zero-order valence-corrected chi connectivity index (χ0v) is 11.7. The number of nitrogens with zero attached hydrogens (tertiary/aromatic N) is 2. The minimum absolute atomic E-state index is 0.0496. The van der Waals surface area contributed by atoms with E-state index < -0.39 is 0 Å². The molecule has 2 amide bonds. The number of carbonyl (C=O) groups excluding carboxylic acids is 1. The second-order valence-electron chi connectivity index (χ2n) is 4.63. The maximum Gasteiger partial charge on any atom is 0.321 e. The van der Waals surface area contributed by atoms with Gasteiger partial charge in [0.1, 0.15) is 0 Å². The van der Waals surface area contributed by atoms with Crippen LogP contribution in [0, 0.1) is 0 Å². The highest BCUT2D eigenvalue weighted by Crippen LogP contribution is 2.11. The van der Waals surface area contributed by atoms with E-state index in [4.69, 9.17) is 11.6 Å². The van der Waals surface area contributed by atoms with Crippen molar-refractivity contribution in [1.29, 1.82) is 0 Å². The van der Waals surface area contributed by atoms with Gasteiger partial charge < -0.3 is 15.1 Å². The van der Waals surface area contributed by atoms with Crippen molar-refractivity contribution in [3.05, 3.63) is 41.1 Å². The summed E-state index contributed by atoms with van der Waals surface area (Å²) in [5.41, 5.74) is 0.964. The highest BCUT2D eigenvalue weighted by Gasteiger charge is 2.17. The van der Waals surface area contributed by atoms with Gasteiger partial charge in [0.25, 0.3) is 0 Å². The van der Waals surface area contributed by atoms with Gasteiger partial charge in [-0.15, -0.1) is 0 Å². The van der Waals surface area contributed by atoms with Crippen LogP contribution in [0.2, 0.25) is 5.02 Å². The van der Waals surface area contributed by atoms with Gasteiger partial charge >= 0.3 is 6.03 Å². The number of carbonyl (C=O) groups is 1. The summed E-state index contributed by atoms with van der Waals surface area (Å²) in [5.74, 6) is 0. The van der Waals surface area contributed by atoms with Crippen LogP contribution in [-0.4, -0.2) is 49.1 Å². The van der Waals surface area contributed by atoms with Crippen LogP contribution in [0.1, 0.15) is 5.56 Å². The van der Waals surface area contributed by atoms with Crippen LogP contribution in [0.5, 0.6) is 0 Å². The second kappa shape index (κ2) is 6.59. The Bertz CT molecular complexity index is 468. The average Bonchev–Trinajstić information content (AvgIpc) is 2.39. The zero-order valence-electron chi connectivity index (χ0n) is 11.0. The molecule has 1 saturated heterocycles. The van der Waals surface area contributed by atoms with Gasteiger partial charge in [-0.25, -0.2) is 4.79 Å². The van der Waals surface area contributed by atoms with Crippen molar-refractivity contribution >= 4 is 23.7 Å². The van der Waals surface area contributed by atoms with Crippen LogP contribution in [-0.2, 0) is 0 Å². The number of halogens is 1. The lowest BCUT2D eigenvalue weighted by Crippen LogP contribution is -2.49. The van der Waals surface area contributed by atoms with Crippen LogP contribution in [0.25, 0.3) is 6.08 Å². The molecule has 0 unspecified atom stereocenters. The Morgan fingerprint density at radius 3 is 2.74 bits per heavy atom. The minimum Gasteiger partial charge on any atom is -0.322 e. The van der Waals surface area contributed by atoms with Crippen LogP contribution in [0.4, 0.5) is 4.79 Å². The van der Waals surface area contributed by atoms with Gasteiger partial charge in [0.05, 0.1) is 0 Å². The fraction of sp³-hybridized carbons (Fsp3) is 0.357. The van der Waals surface area contributed by atoms with E-state index in [2.05, 4.69) is 17.3 Å². The first-order valence-electron chi connectivity index (χ1n) is 6.31. The summed E-state index contributed by atoms with van der Waals surface area (Å²) in [5, 5.41) is 3.47. The van der Waals surface area contributed by atoms with Crippen molar-refractivity contribution < 1.29 is 4.79 Å². The summed E-state index contributed by atoms with van der Waals surface area (Å²) < 4.78 is 0. The number of amides is 2. The van der Waals surface area contributed by atoms with Crippen LogP contribution in [0.15, 0.2) is 30.5 Å². The lowest BCUT2D eigenvalue weighted by molar-refractivity contribution is 0.157. The van der Waals surface area contributed by atoms with Crippen molar-refractivity contribution in [2.24, 2.45) is 0 Å². The topological polar surface area (TPSA) is 35.6 Å². The molecule has 5 heteroatoms. The molecule has 1 fully saturated rings. The molecule has 19 heavy (non-hydrogen) atoms. The van der Waals surface area contributed by atoms with Crippen LogP contribution < -0.4 is 5.32 Å². The monoisotopic (exact) mass is 279 g/mol. The van der Waals surface area contributed by atoms with E-state index >= 15 is 0 Å². The van der Waals surface area contributed by atoms with Crippen molar-refractivity contribution in [1.82, 2.24) is 15.1 Å². The van der Waals surface area contributed by atoms with E-state index in [9.17, 15) is 4.79 Å². The molecule has 102 valence electrons. The third kappa shape index (κ3) is 4.26. The van der Waals surface area contributed by atoms with E-state index in [1.807, 2.05) is 35.2 Å². The Morgan fingerprint density at radius 2 is 2.05 bits per heavy atom. The highest BCUT2D eigenvalue weighted by molar-refractivity contribution is 6.30. The van der Waals surface area contributed by atoms with Crippen molar-refractivity contribution in [3.8, 4) is 0 Å². The molecule has 0 saturated carbocycles. The highest BCUT2D eigenvalue weighted by atomic mass is 35.5. The molecule has 0 atom stereocenters. The second-order valence-corrected chi connectivity index (χ2v) is 5.06. The summed E-state index contributed by atoms with van der Waals surface area (Å²) in [7, 11) is 2.06. The molecular weight excluding hydrogens is 262 g/mol. The maximum absolute atomic E-state index is 11.9. The quantitative estimate of drug-likeness (QED) is 0.901. The zero-order chi connectivity index (χ0) is 13.7. The van der Waals surface area contributed by atoms with E-state index in [1.165, 1.54) is 0 Å². The van der Waals surface area contributed by atoms with Gasteiger partial charge in [-0.1, -0.05) is 23.7 Å². The molecule has 0 aliphatic carbocycles. The smallest absolute Gasteiger partial charge is 0.321 e. The van der Waals surface area contributed by atoms with E-state index in [1.54, 1.807) is 6.20 Å². The number of benzene rings is 1. The molecule has 0 radical (unpaired) electrons. The van der Waals surface area contributed by atoms with Gasteiger partial charge in [0.2, 0.25) is 0 Å². The molecule has 2 rings (SSSR count). The predicted octanol–water partition coefficient (Wildman–Crippen LogP) is 2.27. The Morgan fingerprint density at radius 1 is 1.32 bits per heavy atom. The predicted molar refractivity (Wildman–Crippen MR) is 78.1 cm³/mol. The van der Waals surface area contributed by atoms with Gasteiger partial charge in [0, 0.05) is 37.4 Å². The molecule has 0 aromatic heterocycles. The van der Waals surface area contributed by atoms with E-state index in [0.717, 1.165) is 31.7 Å². The van der Waals surface area contributed by atoms with E-state index in [-0.39, 0.29) is 6.03 Å². The van der Waals surface area contributed by atoms with Crippen LogP contribution >= 0.6 is 11.6 Å². The third-order valence-electron chi connectivity index (χ3n) is 3.12. The molecule has 1 aromatic rings. The molecule has 1 heterocycles. The lowest BCUT2D eigenvalue weighted by Gasteiger charge is -2.31. The first kappa shape index (κ1) is 13.9. The number of hydrogen-bond acceptors (Lipinski definition) is 2. The molecule has 4 nitrogen and oxygen atoms in total. The van der Waals surface area contributed by atoms with E-state index in [0.29, 0.717) is 5.02 Å². The number of piperazine rings is 1. The molecular formula is C14H18ClN3O. The summed E-state index contributed by atoms with van der Waals surface area (Å²) >= 11 is 5.89. The first-order valence-corrected chi connectivity index (χ1v) is 6.69. The van der Waals surface area contributed by atoms with Crippen molar-refractivity contribution in [2.45, 2.75) is 0 Å². The number of hydrogen-bond donors (Lipinski definition) is 1. The standard InChI is InChI=1S/C14H18ClN3O/c1-17-7-9-18(10-8-17)14(19)16-6-5-12-3-2-4-13(15)11-12/h2-6,11H,7-10H2,1H3,(H,16,19)/b6-5+.